The molecule has 1 heterocycles. The molecule has 0 aromatic heterocycles. The molecule has 1 saturated carbocycles. The summed E-state index contributed by atoms with van der Waals surface area (Å²) < 4.78 is 13.4. The summed E-state index contributed by atoms with van der Waals surface area (Å²) in [5.74, 6) is -0.0976. The summed E-state index contributed by atoms with van der Waals surface area (Å²) in [6.45, 7) is 2.24. The second-order valence-electron chi connectivity index (χ2n) is 5.27. The lowest BCUT2D eigenvalue weighted by Crippen LogP contribution is -2.38. The predicted octanol–water partition coefficient (Wildman–Crippen LogP) is 3.84. The summed E-state index contributed by atoms with van der Waals surface area (Å²) in [6, 6.07) is 5.65. The van der Waals surface area contributed by atoms with Gasteiger partial charge in [-0.1, -0.05) is 19.3 Å². The van der Waals surface area contributed by atoms with Gasteiger partial charge in [-0.25, -0.2) is 4.39 Å². The maximum absolute atomic E-state index is 13.4. The molecule has 1 atom stereocenters. The van der Waals surface area contributed by atoms with Gasteiger partial charge in [0.2, 0.25) is 0 Å². The van der Waals surface area contributed by atoms with Crippen molar-refractivity contribution in [2.45, 2.75) is 50.5 Å². The van der Waals surface area contributed by atoms with Crippen molar-refractivity contribution in [2.75, 3.05) is 5.32 Å². The standard InChI is InChI=1S/C14H18FN/c1-10-14(7-3-2-4-8-14)12-9-11(15)5-6-13(12)16-10/h5-6,9-10,16H,2-4,7-8H2,1H3. The highest BCUT2D eigenvalue weighted by Gasteiger charge is 2.44. The number of fused-ring (bicyclic) bond motifs is 2. The van der Waals surface area contributed by atoms with Crippen molar-refractivity contribution in [3.8, 4) is 0 Å². The van der Waals surface area contributed by atoms with Crippen LogP contribution in [0.4, 0.5) is 10.1 Å². The van der Waals surface area contributed by atoms with E-state index in [1.807, 2.05) is 6.07 Å². The monoisotopic (exact) mass is 219 g/mol. The van der Waals surface area contributed by atoms with Gasteiger partial charge < -0.3 is 5.32 Å². The summed E-state index contributed by atoms with van der Waals surface area (Å²) in [5, 5.41) is 3.52. The van der Waals surface area contributed by atoms with Crippen molar-refractivity contribution < 1.29 is 4.39 Å². The molecular formula is C14H18FN. The Balaban J connectivity index is 2.09. The average Bonchev–Trinajstić information content (AvgIpc) is 2.55. The summed E-state index contributed by atoms with van der Waals surface area (Å²) in [5.41, 5.74) is 2.57. The van der Waals surface area contributed by atoms with E-state index in [1.54, 1.807) is 12.1 Å². The lowest BCUT2D eigenvalue weighted by molar-refractivity contribution is 0.276. The van der Waals surface area contributed by atoms with Gasteiger partial charge >= 0.3 is 0 Å². The Hall–Kier alpha value is -1.05. The Morgan fingerprint density at radius 3 is 2.75 bits per heavy atom. The number of anilines is 1. The molecule has 0 bridgehead atoms. The molecular weight excluding hydrogens is 201 g/mol. The van der Waals surface area contributed by atoms with Crippen LogP contribution < -0.4 is 5.32 Å². The number of rotatable bonds is 0. The third-order valence-corrected chi connectivity index (χ3v) is 4.46. The van der Waals surface area contributed by atoms with Gasteiger partial charge in [-0.05, 0) is 43.5 Å². The first-order valence-electron chi connectivity index (χ1n) is 6.29. The summed E-state index contributed by atoms with van der Waals surface area (Å²) in [7, 11) is 0. The molecule has 0 radical (unpaired) electrons. The van der Waals surface area contributed by atoms with E-state index >= 15 is 0 Å². The smallest absolute Gasteiger partial charge is 0.123 e. The first-order valence-corrected chi connectivity index (χ1v) is 6.29. The Bertz CT molecular complexity index is 407. The summed E-state index contributed by atoms with van der Waals surface area (Å²) in [4.78, 5) is 0. The molecule has 16 heavy (non-hydrogen) atoms. The molecule has 0 saturated heterocycles. The van der Waals surface area contributed by atoms with Gasteiger partial charge in [0.1, 0.15) is 5.82 Å². The minimum absolute atomic E-state index is 0.0976. The van der Waals surface area contributed by atoms with E-state index in [-0.39, 0.29) is 11.2 Å². The van der Waals surface area contributed by atoms with Crippen molar-refractivity contribution >= 4 is 5.69 Å². The number of halogens is 1. The quantitative estimate of drug-likeness (QED) is 0.699. The minimum Gasteiger partial charge on any atom is -0.381 e. The van der Waals surface area contributed by atoms with Crippen LogP contribution in [-0.2, 0) is 5.41 Å². The Labute approximate surface area is 96.1 Å². The molecule has 1 aliphatic carbocycles. The predicted molar refractivity (Wildman–Crippen MR) is 64.2 cm³/mol. The molecule has 1 fully saturated rings. The van der Waals surface area contributed by atoms with E-state index in [9.17, 15) is 4.39 Å². The highest BCUT2D eigenvalue weighted by Crippen LogP contribution is 2.50. The third kappa shape index (κ3) is 1.28. The van der Waals surface area contributed by atoms with Crippen LogP contribution in [0.5, 0.6) is 0 Å². The lowest BCUT2D eigenvalue weighted by atomic mass is 9.67. The van der Waals surface area contributed by atoms with Crippen molar-refractivity contribution in [1.29, 1.82) is 0 Å². The van der Waals surface area contributed by atoms with Crippen LogP contribution in [0.3, 0.4) is 0 Å². The van der Waals surface area contributed by atoms with E-state index in [0.717, 1.165) is 5.69 Å². The van der Waals surface area contributed by atoms with Crippen LogP contribution in [0.25, 0.3) is 0 Å². The zero-order valence-corrected chi connectivity index (χ0v) is 9.72. The fraction of sp³-hybridized carbons (Fsp3) is 0.571. The summed E-state index contributed by atoms with van der Waals surface area (Å²) >= 11 is 0. The zero-order valence-electron chi connectivity index (χ0n) is 9.72. The molecule has 1 unspecified atom stereocenters. The Kier molecular flexibility index (Phi) is 2.20. The van der Waals surface area contributed by atoms with E-state index in [2.05, 4.69) is 12.2 Å². The second-order valence-corrected chi connectivity index (χ2v) is 5.27. The molecule has 86 valence electrons. The van der Waals surface area contributed by atoms with E-state index in [4.69, 9.17) is 0 Å². The third-order valence-electron chi connectivity index (χ3n) is 4.46. The highest BCUT2D eigenvalue weighted by molar-refractivity contribution is 5.62. The molecule has 1 aliphatic heterocycles. The lowest BCUT2D eigenvalue weighted by Gasteiger charge is -2.37. The zero-order chi connectivity index (χ0) is 11.2. The maximum atomic E-state index is 13.4. The van der Waals surface area contributed by atoms with Crippen LogP contribution >= 0.6 is 0 Å². The van der Waals surface area contributed by atoms with Crippen LogP contribution in [0, 0.1) is 5.82 Å². The molecule has 3 rings (SSSR count). The molecule has 1 spiro atoms. The van der Waals surface area contributed by atoms with E-state index in [0.29, 0.717) is 6.04 Å². The fourth-order valence-corrected chi connectivity index (χ4v) is 3.54. The van der Waals surface area contributed by atoms with Crippen molar-refractivity contribution in [1.82, 2.24) is 0 Å². The van der Waals surface area contributed by atoms with E-state index in [1.165, 1.54) is 37.7 Å². The van der Waals surface area contributed by atoms with Crippen LogP contribution in [0.1, 0.15) is 44.6 Å². The first kappa shape index (κ1) is 10.1. The SMILES string of the molecule is CC1Nc2ccc(F)cc2C12CCCCC2. The van der Waals surface area contributed by atoms with Crippen LogP contribution in [0.2, 0.25) is 0 Å². The van der Waals surface area contributed by atoms with Gasteiger partial charge in [0, 0.05) is 17.1 Å². The Morgan fingerprint density at radius 2 is 2.00 bits per heavy atom. The molecule has 2 aliphatic rings. The number of hydrogen-bond acceptors (Lipinski definition) is 1. The van der Waals surface area contributed by atoms with Crippen molar-refractivity contribution in [3.63, 3.8) is 0 Å². The number of hydrogen-bond donors (Lipinski definition) is 1. The minimum atomic E-state index is -0.0976. The molecule has 1 aromatic carbocycles. The molecule has 1 nitrogen and oxygen atoms in total. The van der Waals surface area contributed by atoms with Gasteiger partial charge in [0.25, 0.3) is 0 Å². The number of benzene rings is 1. The normalized spacial score (nSPS) is 26.5. The van der Waals surface area contributed by atoms with Crippen molar-refractivity contribution in [2.24, 2.45) is 0 Å². The molecule has 0 amide bonds. The number of nitrogens with one attached hydrogen (secondary N) is 1. The van der Waals surface area contributed by atoms with Gasteiger partial charge in [-0.2, -0.15) is 0 Å². The average molecular weight is 219 g/mol. The highest BCUT2D eigenvalue weighted by atomic mass is 19.1. The van der Waals surface area contributed by atoms with Gasteiger partial charge in [0.15, 0.2) is 0 Å². The van der Waals surface area contributed by atoms with Crippen LogP contribution in [-0.4, -0.2) is 6.04 Å². The van der Waals surface area contributed by atoms with Gasteiger partial charge in [-0.3, -0.25) is 0 Å². The molecule has 1 N–H and O–H groups in total. The topological polar surface area (TPSA) is 12.0 Å². The first-order chi connectivity index (χ1) is 7.72. The largest absolute Gasteiger partial charge is 0.381 e. The fourth-order valence-electron chi connectivity index (χ4n) is 3.54. The van der Waals surface area contributed by atoms with Gasteiger partial charge in [-0.15, -0.1) is 0 Å². The Morgan fingerprint density at radius 1 is 1.25 bits per heavy atom. The van der Waals surface area contributed by atoms with Gasteiger partial charge in [0.05, 0.1) is 0 Å². The van der Waals surface area contributed by atoms with Crippen LogP contribution in [0.15, 0.2) is 18.2 Å². The van der Waals surface area contributed by atoms with E-state index < -0.39 is 0 Å². The molecule has 1 aromatic rings. The molecule has 2 heteroatoms. The summed E-state index contributed by atoms with van der Waals surface area (Å²) in [6.07, 6.45) is 6.30. The van der Waals surface area contributed by atoms with Crippen molar-refractivity contribution in [3.05, 3.63) is 29.6 Å². The maximum Gasteiger partial charge on any atom is 0.123 e. The second kappa shape index (κ2) is 3.47.